The smallest absolute Gasteiger partial charge is 0.269 e. The van der Waals surface area contributed by atoms with Crippen LogP contribution in [0, 0.1) is 0 Å². The Morgan fingerprint density at radius 1 is 0.967 bits per heavy atom. The van der Waals surface area contributed by atoms with Gasteiger partial charge < -0.3 is 0 Å². The molecule has 0 saturated heterocycles. The van der Waals surface area contributed by atoms with E-state index in [1.807, 2.05) is 18.2 Å². The van der Waals surface area contributed by atoms with E-state index >= 15 is 0 Å². The van der Waals surface area contributed by atoms with Crippen LogP contribution in [0.3, 0.4) is 0 Å². The summed E-state index contributed by atoms with van der Waals surface area (Å²) in [5.74, 6) is -0.00120. The third-order valence-electron chi connectivity index (χ3n) is 5.55. The molecule has 0 unspecified atom stereocenters. The van der Waals surface area contributed by atoms with Crippen molar-refractivity contribution in [1.82, 2.24) is 13.9 Å². The fourth-order valence-corrected chi connectivity index (χ4v) is 6.79. The zero-order valence-corrected chi connectivity index (χ0v) is 18.0. The van der Waals surface area contributed by atoms with Crippen LogP contribution in [0.15, 0.2) is 64.6 Å². The highest BCUT2D eigenvalue weighted by Gasteiger charge is 2.40. The van der Waals surface area contributed by atoms with Crippen LogP contribution in [0.1, 0.15) is 34.6 Å². The highest BCUT2D eigenvalue weighted by molar-refractivity contribution is 7.99. The van der Waals surface area contributed by atoms with Crippen LogP contribution in [0.4, 0.5) is 0 Å². The second-order valence-corrected chi connectivity index (χ2v) is 10.3. The first-order valence-electron chi connectivity index (χ1n) is 10.0. The minimum absolute atomic E-state index is 0.0984. The predicted octanol–water partition coefficient (Wildman–Crippen LogP) is 3.69. The summed E-state index contributed by atoms with van der Waals surface area (Å²) in [6.45, 7) is 0.118. The number of carbonyl (C=O) groups excluding carboxylic acids is 1. The Hall–Kier alpha value is -2.58. The maximum Gasteiger partial charge on any atom is 0.269 e. The zero-order chi connectivity index (χ0) is 20.7. The van der Waals surface area contributed by atoms with Crippen LogP contribution in [-0.4, -0.2) is 40.5 Å². The predicted molar refractivity (Wildman–Crippen MR) is 116 cm³/mol. The average molecular weight is 440 g/mol. The van der Waals surface area contributed by atoms with E-state index in [2.05, 4.69) is 16.7 Å². The van der Waals surface area contributed by atoms with E-state index in [4.69, 9.17) is 4.98 Å². The van der Waals surface area contributed by atoms with Gasteiger partial charge in [0.05, 0.1) is 11.3 Å². The second-order valence-electron chi connectivity index (χ2n) is 7.39. The van der Waals surface area contributed by atoms with Gasteiger partial charge in [0.15, 0.2) is 5.16 Å². The highest BCUT2D eigenvalue weighted by atomic mass is 32.2. The Labute approximate surface area is 180 Å². The van der Waals surface area contributed by atoms with Crippen LogP contribution in [0.5, 0.6) is 0 Å². The Bertz CT molecular complexity index is 1220. The SMILES string of the molecule is O=C1c2ccccc2S(=O)(=O)N1CCSc1nc2c(n1-c1ccccc1)CCCC2. The van der Waals surface area contributed by atoms with Crippen LogP contribution in [0.25, 0.3) is 5.69 Å². The average Bonchev–Trinajstić information content (AvgIpc) is 3.23. The number of rotatable bonds is 5. The molecule has 1 aromatic heterocycles. The quantitative estimate of drug-likeness (QED) is 0.567. The Kier molecular flexibility index (Phi) is 4.91. The summed E-state index contributed by atoms with van der Waals surface area (Å²) >= 11 is 1.50. The first-order valence-corrected chi connectivity index (χ1v) is 12.4. The zero-order valence-electron chi connectivity index (χ0n) is 16.3. The summed E-state index contributed by atoms with van der Waals surface area (Å²) in [4.78, 5) is 17.6. The van der Waals surface area contributed by atoms with E-state index in [1.54, 1.807) is 18.2 Å². The molecule has 5 rings (SSSR count). The van der Waals surface area contributed by atoms with Crippen molar-refractivity contribution >= 4 is 27.7 Å². The van der Waals surface area contributed by atoms with Crippen LogP contribution >= 0.6 is 11.8 Å². The third kappa shape index (κ3) is 3.15. The summed E-state index contributed by atoms with van der Waals surface area (Å²) in [5, 5.41) is 0.856. The summed E-state index contributed by atoms with van der Waals surface area (Å²) in [6, 6.07) is 16.5. The molecule has 3 aromatic rings. The van der Waals surface area contributed by atoms with Crippen molar-refractivity contribution in [1.29, 1.82) is 0 Å². The van der Waals surface area contributed by atoms with Crippen molar-refractivity contribution in [3.8, 4) is 5.69 Å². The summed E-state index contributed by atoms with van der Waals surface area (Å²) in [6.07, 6.45) is 4.25. The molecule has 0 spiro atoms. The molecule has 2 heterocycles. The summed E-state index contributed by atoms with van der Waals surface area (Å²) in [5.41, 5.74) is 3.69. The molecule has 1 amide bonds. The Morgan fingerprint density at radius 2 is 1.70 bits per heavy atom. The number of hydrogen-bond acceptors (Lipinski definition) is 5. The first kappa shape index (κ1) is 19.4. The molecule has 6 nitrogen and oxygen atoms in total. The van der Waals surface area contributed by atoms with E-state index in [-0.39, 0.29) is 17.0 Å². The fraction of sp³-hybridized carbons (Fsp3) is 0.273. The number of benzene rings is 2. The van der Waals surface area contributed by atoms with Crippen molar-refractivity contribution in [3.63, 3.8) is 0 Å². The third-order valence-corrected chi connectivity index (χ3v) is 8.31. The molecule has 1 aliphatic heterocycles. The molecule has 30 heavy (non-hydrogen) atoms. The number of carbonyl (C=O) groups is 1. The lowest BCUT2D eigenvalue weighted by Gasteiger charge is -2.16. The van der Waals surface area contributed by atoms with Crippen molar-refractivity contribution in [2.45, 2.75) is 35.7 Å². The number of amides is 1. The van der Waals surface area contributed by atoms with Crippen LogP contribution in [0.2, 0.25) is 0 Å². The van der Waals surface area contributed by atoms with E-state index < -0.39 is 15.9 Å². The number of nitrogens with zero attached hydrogens (tertiary/aromatic N) is 3. The maximum absolute atomic E-state index is 12.8. The van der Waals surface area contributed by atoms with E-state index in [0.29, 0.717) is 5.75 Å². The highest BCUT2D eigenvalue weighted by Crippen LogP contribution is 2.33. The van der Waals surface area contributed by atoms with Crippen LogP contribution in [-0.2, 0) is 22.9 Å². The van der Waals surface area contributed by atoms with Crippen LogP contribution < -0.4 is 0 Å². The molecule has 0 atom stereocenters. The van der Waals surface area contributed by atoms with Gasteiger partial charge >= 0.3 is 0 Å². The molecule has 0 fully saturated rings. The van der Waals surface area contributed by atoms with Gasteiger partial charge in [-0.15, -0.1) is 0 Å². The minimum atomic E-state index is -3.77. The lowest BCUT2D eigenvalue weighted by atomic mass is 10.0. The standard InChI is InChI=1S/C22H21N3O3S2/c26-21-17-10-4-7-13-20(17)30(27,28)24(21)14-15-29-22-23-18-11-5-6-12-19(18)25(22)16-8-2-1-3-9-16/h1-4,7-10,13H,5-6,11-12,14-15H2. The van der Waals surface area contributed by atoms with E-state index in [1.165, 1.54) is 23.5 Å². The van der Waals surface area contributed by atoms with Gasteiger partial charge in [-0.1, -0.05) is 42.1 Å². The minimum Gasteiger partial charge on any atom is -0.292 e. The number of imidazole rings is 1. The van der Waals surface area contributed by atoms with Crippen molar-refractivity contribution < 1.29 is 13.2 Å². The molecule has 1 aliphatic carbocycles. The summed E-state index contributed by atoms with van der Waals surface area (Å²) in [7, 11) is -3.77. The van der Waals surface area contributed by atoms with Crippen molar-refractivity contribution in [2.75, 3.05) is 12.3 Å². The van der Waals surface area contributed by atoms with Crippen molar-refractivity contribution in [2.24, 2.45) is 0 Å². The molecule has 0 saturated carbocycles. The number of thioether (sulfide) groups is 1. The number of fused-ring (bicyclic) bond motifs is 2. The molecule has 0 radical (unpaired) electrons. The normalized spacial score (nSPS) is 17.1. The molecule has 154 valence electrons. The molecule has 0 N–H and O–H groups in total. The van der Waals surface area contributed by atoms with Gasteiger partial charge in [0, 0.05) is 23.7 Å². The number of hydrogen-bond donors (Lipinski definition) is 0. The molecular weight excluding hydrogens is 418 g/mol. The molecule has 8 heteroatoms. The van der Waals surface area contributed by atoms with Gasteiger partial charge in [0.1, 0.15) is 4.90 Å². The number of para-hydroxylation sites is 1. The number of aryl methyl sites for hydroxylation is 1. The van der Waals surface area contributed by atoms with Crippen molar-refractivity contribution in [3.05, 3.63) is 71.5 Å². The molecule has 2 aliphatic rings. The lowest BCUT2D eigenvalue weighted by Crippen LogP contribution is -2.32. The Balaban J connectivity index is 1.39. The lowest BCUT2D eigenvalue weighted by molar-refractivity contribution is 0.0876. The largest absolute Gasteiger partial charge is 0.292 e. The van der Waals surface area contributed by atoms with Gasteiger partial charge in [-0.3, -0.25) is 9.36 Å². The molecular formula is C22H21N3O3S2. The van der Waals surface area contributed by atoms with Gasteiger partial charge in [-0.05, 0) is 49.9 Å². The topological polar surface area (TPSA) is 72.3 Å². The number of sulfonamides is 1. The van der Waals surface area contributed by atoms with Gasteiger partial charge in [0.2, 0.25) is 0 Å². The van der Waals surface area contributed by atoms with E-state index in [0.717, 1.165) is 46.5 Å². The molecule has 0 bridgehead atoms. The fourth-order valence-electron chi connectivity index (χ4n) is 4.13. The number of aromatic nitrogens is 2. The van der Waals surface area contributed by atoms with Gasteiger partial charge in [-0.25, -0.2) is 17.7 Å². The molecule has 2 aromatic carbocycles. The maximum atomic E-state index is 12.8. The summed E-state index contributed by atoms with van der Waals surface area (Å²) < 4.78 is 28.7. The van der Waals surface area contributed by atoms with Gasteiger partial charge in [0.25, 0.3) is 15.9 Å². The second kappa shape index (κ2) is 7.59. The monoisotopic (exact) mass is 439 g/mol. The Morgan fingerprint density at radius 3 is 2.50 bits per heavy atom. The van der Waals surface area contributed by atoms with Gasteiger partial charge in [-0.2, -0.15) is 0 Å². The first-order chi connectivity index (χ1) is 14.6. The van der Waals surface area contributed by atoms with E-state index in [9.17, 15) is 13.2 Å².